The summed E-state index contributed by atoms with van der Waals surface area (Å²) in [6.45, 7) is 0.839. The van der Waals surface area contributed by atoms with Crippen LogP contribution in [-0.4, -0.2) is 28.8 Å². The molecule has 0 fully saturated rings. The zero-order valence-electron chi connectivity index (χ0n) is 12.9. The summed E-state index contributed by atoms with van der Waals surface area (Å²) >= 11 is 6.89. The van der Waals surface area contributed by atoms with Crippen LogP contribution < -0.4 is 20.1 Å². The van der Waals surface area contributed by atoms with Crippen LogP contribution in [0, 0.1) is 0 Å². The summed E-state index contributed by atoms with van der Waals surface area (Å²) in [5.41, 5.74) is 1.04. The first-order valence-electron chi connectivity index (χ1n) is 7.56. The van der Waals surface area contributed by atoms with Crippen molar-refractivity contribution in [3.8, 4) is 11.5 Å². The Hall–Kier alpha value is -2.06. The molecule has 1 aliphatic rings. The van der Waals surface area contributed by atoms with Crippen molar-refractivity contribution in [1.29, 1.82) is 0 Å². The molecule has 0 saturated heterocycles. The molecule has 0 bridgehead atoms. The summed E-state index contributed by atoms with van der Waals surface area (Å²) in [6, 6.07) is 5.77. The first kappa shape index (κ1) is 16.8. The summed E-state index contributed by atoms with van der Waals surface area (Å²) in [5.74, 6) is 2.00. The summed E-state index contributed by atoms with van der Waals surface area (Å²) < 4.78 is 10.6. The average Bonchev–Trinajstić information content (AvgIpc) is 3.21. The van der Waals surface area contributed by atoms with Gasteiger partial charge in [0.1, 0.15) is 0 Å². The van der Waals surface area contributed by atoms with Gasteiger partial charge in [0.25, 0.3) is 0 Å². The van der Waals surface area contributed by atoms with Crippen molar-refractivity contribution >= 4 is 39.1 Å². The second-order valence-corrected chi connectivity index (χ2v) is 6.50. The first-order chi connectivity index (χ1) is 11.7. The third-order valence-corrected chi connectivity index (χ3v) is 4.40. The predicted molar refractivity (Wildman–Crippen MR) is 93.0 cm³/mol. The summed E-state index contributed by atoms with van der Waals surface area (Å²) in [5, 5.41) is 15.0. The molecule has 0 saturated carbocycles. The molecule has 7 nitrogen and oxygen atoms in total. The number of anilines is 2. The Balaban J connectivity index is 1.48. The lowest BCUT2D eigenvalue weighted by atomic mass is 10.2. The predicted octanol–water partition coefficient (Wildman–Crippen LogP) is 3.23. The van der Waals surface area contributed by atoms with Gasteiger partial charge in [0.15, 0.2) is 11.5 Å². The fourth-order valence-electron chi connectivity index (χ4n) is 2.14. The summed E-state index contributed by atoms with van der Waals surface area (Å²) in [6.07, 6.45) is 2.03. The van der Waals surface area contributed by atoms with Crippen molar-refractivity contribution in [2.75, 3.05) is 23.3 Å². The fourth-order valence-corrected chi connectivity index (χ4v) is 2.98. The minimum Gasteiger partial charge on any atom is -0.454 e. The van der Waals surface area contributed by atoms with Crippen molar-refractivity contribution in [2.45, 2.75) is 25.8 Å². The van der Waals surface area contributed by atoms with Crippen LogP contribution in [0.15, 0.2) is 18.2 Å². The lowest BCUT2D eigenvalue weighted by molar-refractivity contribution is -0.116. The van der Waals surface area contributed by atoms with Crippen LogP contribution in [0.2, 0.25) is 0 Å². The molecular weight excluding hydrogens is 352 g/mol. The molecule has 2 heterocycles. The van der Waals surface area contributed by atoms with Crippen molar-refractivity contribution < 1.29 is 14.3 Å². The Morgan fingerprint density at radius 3 is 2.92 bits per heavy atom. The SMILES string of the molecule is O=C(CCCCCl)Nc1nnc(NCc2ccc3c(c2)OCO3)s1. The molecule has 1 aromatic heterocycles. The van der Waals surface area contributed by atoms with Gasteiger partial charge in [-0.2, -0.15) is 0 Å². The van der Waals surface area contributed by atoms with E-state index in [1.165, 1.54) is 11.3 Å². The van der Waals surface area contributed by atoms with E-state index in [0.29, 0.717) is 29.1 Å². The molecule has 2 N–H and O–H groups in total. The molecule has 1 aromatic carbocycles. The minimum absolute atomic E-state index is 0.0708. The van der Waals surface area contributed by atoms with Gasteiger partial charge in [0.05, 0.1) is 0 Å². The number of unbranched alkanes of at least 4 members (excludes halogenated alkanes) is 1. The topological polar surface area (TPSA) is 85.4 Å². The van der Waals surface area contributed by atoms with E-state index in [1.807, 2.05) is 18.2 Å². The zero-order valence-corrected chi connectivity index (χ0v) is 14.5. The number of alkyl halides is 1. The van der Waals surface area contributed by atoms with E-state index in [4.69, 9.17) is 21.1 Å². The molecule has 2 aromatic rings. The van der Waals surface area contributed by atoms with Crippen LogP contribution in [0.1, 0.15) is 24.8 Å². The standard InChI is InChI=1S/C15H17ClN4O3S/c16-6-2-1-3-13(21)18-15-20-19-14(24-15)17-8-10-4-5-11-12(7-10)23-9-22-11/h4-5,7H,1-3,6,8-9H2,(H,17,19)(H,18,20,21). The third kappa shape index (κ3) is 4.48. The highest BCUT2D eigenvalue weighted by Gasteiger charge is 2.13. The van der Waals surface area contributed by atoms with Gasteiger partial charge in [-0.15, -0.1) is 21.8 Å². The molecule has 1 amide bonds. The number of nitrogens with one attached hydrogen (secondary N) is 2. The molecule has 0 spiro atoms. The van der Waals surface area contributed by atoms with Crippen LogP contribution in [0.5, 0.6) is 11.5 Å². The Morgan fingerprint density at radius 2 is 2.04 bits per heavy atom. The lowest BCUT2D eigenvalue weighted by Gasteiger charge is -2.03. The Morgan fingerprint density at radius 1 is 1.21 bits per heavy atom. The molecule has 1 aliphatic heterocycles. The molecule has 24 heavy (non-hydrogen) atoms. The van der Waals surface area contributed by atoms with Crippen LogP contribution in [0.25, 0.3) is 0 Å². The number of carbonyl (C=O) groups excluding carboxylic acids is 1. The number of ether oxygens (including phenoxy) is 2. The third-order valence-electron chi connectivity index (χ3n) is 3.34. The van der Waals surface area contributed by atoms with Crippen LogP contribution in [0.4, 0.5) is 10.3 Å². The molecular formula is C15H17ClN4O3S. The van der Waals surface area contributed by atoms with Crippen LogP contribution in [0.3, 0.4) is 0 Å². The molecule has 0 aliphatic carbocycles. The van der Waals surface area contributed by atoms with Gasteiger partial charge in [-0.3, -0.25) is 4.79 Å². The molecule has 0 radical (unpaired) electrons. The van der Waals surface area contributed by atoms with E-state index in [9.17, 15) is 4.79 Å². The monoisotopic (exact) mass is 368 g/mol. The summed E-state index contributed by atoms with van der Waals surface area (Å²) in [4.78, 5) is 11.7. The molecule has 9 heteroatoms. The van der Waals surface area contributed by atoms with Crippen LogP contribution in [-0.2, 0) is 11.3 Å². The van der Waals surface area contributed by atoms with Gasteiger partial charge in [-0.25, -0.2) is 0 Å². The number of hydrogen-bond donors (Lipinski definition) is 2. The zero-order chi connectivity index (χ0) is 16.8. The van der Waals surface area contributed by atoms with Gasteiger partial charge >= 0.3 is 0 Å². The van der Waals surface area contributed by atoms with E-state index in [2.05, 4.69) is 20.8 Å². The van der Waals surface area contributed by atoms with Crippen molar-refractivity contribution in [2.24, 2.45) is 0 Å². The van der Waals surface area contributed by atoms with Gasteiger partial charge in [-0.05, 0) is 30.5 Å². The number of hydrogen-bond acceptors (Lipinski definition) is 7. The van der Waals surface area contributed by atoms with E-state index in [-0.39, 0.29) is 12.7 Å². The number of aromatic nitrogens is 2. The number of fused-ring (bicyclic) bond motifs is 1. The second kappa shape index (κ2) is 8.16. The Labute approximate surface area is 148 Å². The van der Waals surface area contributed by atoms with E-state index in [0.717, 1.165) is 29.9 Å². The van der Waals surface area contributed by atoms with Gasteiger partial charge in [0.2, 0.25) is 23.0 Å². The smallest absolute Gasteiger partial charge is 0.231 e. The average molecular weight is 369 g/mol. The highest BCUT2D eigenvalue weighted by atomic mass is 35.5. The molecule has 3 rings (SSSR count). The number of amides is 1. The molecule has 128 valence electrons. The first-order valence-corrected chi connectivity index (χ1v) is 8.91. The van der Waals surface area contributed by atoms with E-state index >= 15 is 0 Å². The maximum Gasteiger partial charge on any atom is 0.231 e. The van der Waals surface area contributed by atoms with Gasteiger partial charge < -0.3 is 20.1 Å². The number of carbonyl (C=O) groups is 1. The quantitative estimate of drug-likeness (QED) is 0.549. The van der Waals surface area contributed by atoms with Gasteiger partial charge in [0, 0.05) is 18.8 Å². The maximum absolute atomic E-state index is 11.7. The fraction of sp³-hybridized carbons (Fsp3) is 0.400. The minimum atomic E-state index is -0.0708. The molecule has 0 unspecified atom stereocenters. The number of benzene rings is 1. The normalized spacial score (nSPS) is 12.2. The maximum atomic E-state index is 11.7. The second-order valence-electron chi connectivity index (χ2n) is 5.15. The Kier molecular flexibility index (Phi) is 5.71. The van der Waals surface area contributed by atoms with Crippen molar-refractivity contribution in [3.63, 3.8) is 0 Å². The summed E-state index contributed by atoms with van der Waals surface area (Å²) in [7, 11) is 0. The van der Waals surface area contributed by atoms with E-state index < -0.39 is 0 Å². The van der Waals surface area contributed by atoms with Crippen LogP contribution >= 0.6 is 22.9 Å². The highest BCUT2D eigenvalue weighted by Crippen LogP contribution is 2.32. The largest absolute Gasteiger partial charge is 0.454 e. The number of rotatable bonds is 8. The number of nitrogens with zero attached hydrogens (tertiary/aromatic N) is 2. The highest BCUT2D eigenvalue weighted by molar-refractivity contribution is 7.19. The lowest BCUT2D eigenvalue weighted by Crippen LogP contribution is -2.10. The molecule has 0 atom stereocenters. The van der Waals surface area contributed by atoms with Crippen molar-refractivity contribution in [3.05, 3.63) is 23.8 Å². The van der Waals surface area contributed by atoms with E-state index in [1.54, 1.807) is 0 Å². The number of halogens is 1. The van der Waals surface area contributed by atoms with Gasteiger partial charge in [-0.1, -0.05) is 17.4 Å². The Bertz CT molecular complexity index is 710. The van der Waals surface area contributed by atoms with Crippen molar-refractivity contribution in [1.82, 2.24) is 10.2 Å².